The van der Waals surface area contributed by atoms with Gasteiger partial charge in [-0.15, -0.1) is 0 Å². The Morgan fingerprint density at radius 3 is 2.40 bits per heavy atom. The molecule has 0 spiro atoms. The van der Waals surface area contributed by atoms with Crippen LogP contribution in [-0.4, -0.2) is 43.8 Å². The molecular formula is C19H33N3O2S. The summed E-state index contributed by atoms with van der Waals surface area (Å²) in [5, 5.41) is 6.83. The van der Waals surface area contributed by atoms with Gasteiger partial charge in [0.2, 0.25) is 0 Å². The molecule has 142 valence electrons. The molecule has 2 N–H and O–H groups in total. The van der Waals surface area contributed by atoms with Crippen molar-refractivity contribution in [2.75, 3.05) is 33.1 Å². The monoisotopic (exact) mass is 367 g/mol. The maximum absolute atomic E-state index is 5.72. The van der Waals surface area contributed by atoms with Crippen LogP contribution < -0.4 is 20.1 Å². The van der Waals surface area contributed by atoms with Gasteiger partial charge in [-0.2, -0.15) is 11.8 Å². The first-order chi connectivity index (χ1) is 11.9. The van der Waals surface area contributed by atoms with Crippen LogP contribution in [0.5, 0.6) is 11.5 Å². The van der Waals surface area contributed by atoms with Crippen molar-refractivity contribution >= 4 is 17.7 Å². The van der Waals surface area contributed by atoms with Crippen LogP contribution in [0.2, 0.25) is 0 Å². The first-order valence-electron chi connectivity index (χ1n) is 8.78. The van der Waals surface area contributed by atoms with Crippen LogP contribution in [0.1, 0.15) is 46.2 Å². The zero-order valence-electron chi connectivity index (χ0n) is 16.6. The molecule has 1 unspecified atom stereocenters. The molecule has 6 heteroatoms. The number of aliphatic imine (C=N–C) groups is 1. The van der Waals surface area contributed by atoms with Gasteiger partial charge >= 0.3 is 0 Å². The molecule has 0 aliphatic heterocycles. The van der Waals surface area contributed by atoms with Gasteiger partial charge in [-0.3, -0.25) is 4.99 Å². The summed E-state index contributed by atoms with van der Waals surface area (Å²) < 4.78 is 11.5. The van der Waals surface area contributed by atoms with Crippen LogP contribution in [0.25, 0.3) is 0 Å². The highest BCUT2D eigenvalue weighted by Crippen LogP contribution is 2.30. The van der Waals surface area contributed by atoms with Crippen molar-refractivity contribution in [2.24, 2.45) is 4.99 Å². The van der Waals surface area contributed by atoms with E-state index in [1.165, 1.54) is 0 Å². The minimum atomic E-state index is 0.0958. The van der Waals surface area contributed by atoms with Gasteiger partial charge in [-0.25, -0.2) is 0 Å². The molecule has 0 amide bonds. The van der Waals surface area contributed by atoms with E-state index < -0.39 is 0 Å². The summed E-state index contributed by atoms with van der Waals surface area (Å²) in [6, 6.07) is 6.16. The Morgan fingerprint density at radius 1 is 1.20 bits per heavy atom. The van der Waals surface area contributed by atoms with E-state index in [1.54, 1.807) is 7.05 Å². The van der Waals surface area contributed by atoms with Gasteiger partial charge in [-0.1, -0.05) is 6.07 Å². The minimum absolute atomic E-state index is 0.0958. The van der Waals surface area contributed by atoms with Gasteiger partial charge < -0.3 is 20.1 Å². The van der Waals surface area contributed by atoms with Crippen molar-refractivity contribution < 1.29 is 9.47 Å². The molecule has 0 saturated carbocycles. The van der Waals surface area contributed by atoms with E-state index in [4.69, 9.17) is 9.47 Å². The highest BCUT2D eigenvalue weighted by molar-refractivity contribution is 7.99. The van der Waals surface area contributed by atoms with Crippen molar-refractivity contribution in [3.8, 4) is 11.5 Å². The highest BCUT2D eigenvalue weighted by Gasteiger charge is 2.17. The van der Waals surface area contributed by atoms with E-state index in [1.807, 2.05) is 37.7 Å². The van der Waals surface area contributed by atoms with Crippen LogP contribution in [-0.2, 0) is 0 Å². The second kappa shape index (κ2) is 10.4. The number of nitrogens with one attached hydrogen (secondary N) is 2. The molecule has 5 nitrogen and oxygen atoms in total. The summed E-state index contributed by atoms with van der Waals surface area (Å²) in [7, 11) is 1.79. The summed E-state index contributed by atoms with van der Waals surface area (Å²) in [5.41, 5.74) is 1.12. The maximum atomic E-state index is 5.72. The Kier molecular flexibility index (Phi) is 8.97. The summed E-state index contributed by atoms with van der Waals surface area (Å²) in [6.07, 6.45) is 2.12. The fourth-order valence-corrected chi connectivity index (χ4v) is 2.41. The van der Waals surface area contributed by atoms with E-state index in [-0.39, 0.29) is 10.8 Å². The zero-order valence-corrected chi connectivity index (χ0v) is 17.4. The third-order valence-electron chi connectivity index (χ3n) is 3.88. The number of guanidine groups is 1. The van der Waals surface area contributed by atoms with Crippen molar-refractivity contribution in [3.05, 3.63) is 23.8 Å². The number of ether oxygens (including phenoxy) is 2. The molecule has 1 aromatic rings. The Balaban J connectivity index is 2.81. The fraction of sp³-hybridized carbons (Fsp3) is 0.632. The molecule has 0 fully saturated rings. The lowest BCUT2D eigenvalue weighted by Crippen LogP contribution is -2.44. The zero-order chi connectivity index (χ0) is 18.9. The lowest BCUT2D eigenvalue weighted by molar-refractivity contribution is 0.287. The third-order valence-corrected chi connectivity index (χ3v) is 5.13. The first-order valence-corrected chi connectivity index (χ1v) is 10.0. The molecule has 1 atom stereocenters. The van der Waals surface area contributed by atoms with E-state index >= 15 is 0 Å². The predicted molar refractivity (Wildman–Crippen MR) is 109 cm³/mol. The smallest absolute Gasteiger partial charge is 0.191 e. The Morgan fingerprint density at radius 2 is 1.84 bits per heavy atom. The van der Waals surface area contributed by atoms with Crippen LogP contribution in [0.15, 0.2) is 23.2 Å². The SMILES string of the molecule is CCOc1ccc(C(C)NC(=NC)NCC(C)(C)SC)cc1OCC. The topological polar surface area (TPSA) is 54.9 Å². The fourth-order valence-electron chi connectivity index (χ4n) is 2.19. The minimum Gasteiger partial charge on any atom is -0.490 e. The van der Waals surface area contributed by atoms with Crippen LogP contribution in [0.4, 0.5) is 0 Å². The van der Waals surface area contributed by atoms with E-state index in [9.17, 15) is 0 Å². The Hall–Kier alpha value is -1.56. The van der Waals surface area contributed by atoms with E-state index in [0.29, 0.717) is 13.2 Å². The first kappa shape index (κ1) is 21.5. The molecule has 1 aromatic carbocycles. The van der Waals surface area contributed by atoms with E-state index in [2.05, 4.69) is 48.7 Å². The molecule has 0 bridgehead atoms. The Bertz CT molecular complexity index is 562. The van der Waals surface area contributed by atoms with Gasteiger partial charge in [0.05, 0.1) is 19.3 Å². The standard InChI is InChI=1S/C19H33N3O2S/c1-8-23-16-11-10-15(12-17(16)24-9-2)14(3)22-18(20-6)21-13-19(4,5)25-7/h10-12,14H,8-9,13H2,1-7H3,(H2,20,21,22). The molecular weight excluding hydrogens is 334 g/mol. The lowest BCUT2D eigenvalue weighted by atomic mass is 10.1. The van der Waals surface area contributed by atoms with Gasteiger partial charge in [0, 0.05) is 18.3 Å². The number of thioether (sulfide) groups is 1. The molecule has 0 saturated heterocycles. The summed E-state index contributed by atoms with van der Waals surface area (Å²) in [6.45, 7) is 12.5. The van der Waals surface area contributed by atoms with Gasteiger partial charge in [0.1, 0.15) is 0 Å². The number of nitrogens with zero attached hydrogens (tertiary/aromatic N) is 1. The lowest BCUT2D eigenvalue weighted by Gasteiger charge is -2.25. The summed E-state index contributed by atoms with van der Waals surface area (Å²) in [4.78, 5) is 4.33. The van der Waals surface area contributed by atoms with Crippen LogP contribution >= 0.6 is 11.8 Å². The molecule has 0 aromatic heterocycles. The van der Waals surface area contributed by atoms with E-state index in [0.717, 1.165) is 29.6 Å². The third kappa shape index (κ3) is 7.06. The maximum Gasteiger partial charge on any atom is 0.191 e. The van der Waals surface area contributed by atoms with Crippen molar-refractivity contribution in [3.63, 3.8) is 0 Å². The summed E-state index contributed by atoms with van der Waals surface area (Å²) in [5.74, 6) is 2.35. The van der Waals surface area contributed by atoms with Crippen LogP contribution in [0, 0.1) is 0 Å². The van der Waals surface area contributed by atoms with Gasteiger partial charge in [0.25, 0.3) is 0 Å². The molecule has 1 rings (SSSR count). The largest absolute Gasteiger partial charge is 0.490 e. The predicted octanol–water partition coefficient (Wildman–Crippen LogP) is 3.85. The van der Waals surface area contributed by atoms with Crippen LogP contribution in [0.3, 0.4) is 0 Å². The second-order valence-corrected chi connectivity index (χ2v) is 7.84. The molecule has 0 radical (unpaired) electrons. The average Bonchev–Trinajstić information content (AvgIpc) is 2.60. The highest BCUT2D eigenvalue weighted by atomic mass is 32.2. The number of hydrogen-bond donors (Lipinski definition) is 2. The van der Waals surface area contributed by atoms with Crippen molar-refractivity contribution in [1.29, 1.82) is 0 Å². The van der Waals surface area contributed by atoms with Gasteiger partial charge in [0.15, 0.2) is 17.5 Å². The summed E-state index contributed by atoms with van der Waals surface area (Å²) >= 11 is 1.83. The second-order valence-electron chi connectivity index (χ2n) is 6.33. The average molecular weight is 368 g/mol. The number of benzene rings is 1. The normalized spacial score (nSPS) is 13.3. The molecule has 25 heavy (non-hydrogen) atoms. The quantitative estimate of drug-likeness (QED) is 0.513. The molecule has 0 aliphatic carbocycles. The number of hydrogen-bond acceptors (Lipinski definition) is 4. The van der Waals surface area contributed by atoms with Crippen molar-refractivity contribution in [2.45, 2.75) is 45.4 Å². The van der Waals surface area contributed by atoms with Crippen molar-refractivity contribution in [1.82, 2.24) is 10.6 Å². The number of rotatable bonds is 9. The van der Waals surface area contributed by atoms with Gasteiger partial charge in [-0.05, 0) is 58.6 Å². The Labute approximate surface area is 157 Å². The molecule has 0 aliphatic rings. The molecule has 0 heterocycles.